The highest BCUT2D eigenvalue weighted by atomic mass is 19.3. The number of unbranched alkanes of at least 4 members (excludes halogenated alkanes) is 1. The van der Waals surface area contributed by atoms with Gasteiger partial charge in [0, 0.05) is 11.6 Å². The van der Waals surface area contributed by atoms with Crippen LogP contribution in [-0.2, 0) is 0 Å². The van der Waals surface area contributed by atoms with Gasteiger partial charge in [-0.2, -0.15) is 8.78 Å². The van der Waals surface area contributed by atoms with Crippen molar-refractivity contribution < 1.29 is 13.5 Å². The molecule has 1 aromatic rings. The van der Waals surface area contributed by atoms with Crippen molar-refractivity contribution in [1.82, 2.24) is 5.32 Å². The van der Waals surface area contributed by atoms with Crippen molar-refractivity contribution in [2.75, 3.05) is 6.54 Å². The first kappa shape index (κ1) is 16.6. The molecule has 0 saturated carbocycles. The average Bonchev–Trinajstić information content (AvgIpc) is 2.43. The van der Waals surface area contributed by atoms with Crippen LogP contribution in [0.25, 0.3) is 0 Å². The van der Waals surface area contributed by atoms with Gasteiger partial charge in [-0.3, -0.25) is 0 Å². The van der Waals surface area contributed by atoms with Crippen LogP contribution in [0.4, 0.5) is 8.78 Å². The second-order valence-corrected chi connectivity index (χ2v) is 4.64. The average molecular weight is 283 g/mol. The fourth-order valence-corrected chi connectivity index (χ4v) is 2.12. The molecule has 0 saturated heterocycles. The van der Waals surface area contributed by atoms with Gasteiger partial charge in [-0.15, -0.1) is 6.58 Å². The molecule has 0 amide bonds. The van der Waals surface area contributed by atoms with Crippen molar-refractivity contribution in [1.29, 1.82) is 0 Å². The molecule has 0 radical (unpaired) electrons. The maximum absolute atomic E-state index is 12.5. The maximum Gasteiger partial charge on any atom is 0.387 e. The summed E-state index contributed by atoms with van der Waals surface area (Å²) >= 11 is 0. The Kier molecular flexibility index (Phi) is 7.88. The third kappa shape index (κ3) is 5.70. The van der Waals surface area contributed by atoms with Crippen LogP contribution in [0.15, 0.2) is 36.9 Å². The Labute approximate surface area is 119 Å². The molecular weight excluding hydrogens is 260 g/mol. The zero-order valence-corrected chi connectivity index (χ0v) is 11.9. The van der Waals surface area contributed by atoms with Crippen molar-refractivity contribution in [2.24, 2.45) is 0 Å². The molecule has 4 heteroatoms. The standard InChI is InChI=1S/C16H23F2NO/c1-3-5-6-10-14(19-12-4-2)13-9-7-8-11-15(13)20-16(17)18/h3,7-9,11,14,16,19H,1,4-6,10,12H2,2H3. The van der Waals surface area contributed by atoms with Gasteiger partial charge in [0.1, 0.15) is 5.75 Å². The minimum Gasteiger partial charge on any atom is -0.434 e. The Balaban J connectivity index is 2.84. The Bertz CT molecular complexity index is 396. The van der Waals surface area contributed by atoms with Crippen LogP contribution < -0.4 is 10.1 Å². The van der Waals surface area contributed by atoms with E-state index in [1.165, 1.54) is 0 Å². The van der Waals surface area contributed by atoms with E-state index in [0.29, 0.717) is 0 Å². The first-order valence-corrected chi connectivity index (χ1v) is 7.07. The molecule has 0 heterocycles. The molecule has 2 nitrogen and oxygen atoms in total. The molecule has 0 aliphatic rings. The monoisotopic (exact) mass is 283 g/mol. The Hall–Kier alpha value is -1.42. The highest BCUT2D eigenvalue weighted by Gasteiger charge is 2.17. The zero-order valence-electron chi connectivity index (χ0n) is 11.9. The summed E-state index contributed by atoms with van der Waals surface area (Å²) in [5.74, 6) is 0.259. The topological polar surface area (TPSA) is 21.3 Å². The number of allylic oxidation sites excluding steroid dienone is 1. The first-order valence-electron chi connectivity index (χ1n) is 7.07. The first-order chi connectivity index (χ1) is 9.69. The van der Waals surface area contributed by atoms with E-state index in [4.69, 9.17) is 0 Å². The van der Waals surface area contributed by atoms with Gasteiger partial charge in [0.25, 0.3) is 0 Å². The van der Waals surface area contributed by atoms with E-state index in [9.17, 15) is 8.78 Å². The SMILES string of the molecule is C=CCCCC(NCCC)c1ccccc1OC(F)F. The molecule has 1 rings (SSSR count). The molecular formula is C16H23F2NO. The molecule has 0 aromatic heterocycles. The van der Waals surface area contributed by atoms with Gasteiger partial charge in [0.2, 0.25) is 0 Å². The summed E-state index contributed by atoms with van der Waals surface area (Å²) in [7, 11) is 0. The molecule has 0 spiro atoms. The predicted molar refractivity (Wildman–Crippen MR) is 78.2 cm³/mol. The van der Waals surface area contributed by atoms with Crippen LogP contribution in [0.1, 0.15) is 44.2 Å². The lowest BCUT2D eigenvalue weighted by Gasteiger charge is -2.21. The van der Waals surface area contributed by atoms with E-state index in [1.54, 1.807) is 12.1 Å². The van der Waals surface area contributed by atoms with Crippen molar-refractivity contribution in [3.8, 4) is 5.75 Å². The number of nitrogens with one attached hydrogen (secondary N) is 1. The summed E-state index contributed by atoms with van der Waals surface area (Å²) in [5, 5.41) is 3.40. The Morgan fingerprint density at radius 1 is 1.35 bits per heavy atom. The van der Waals surface area contributed by atoms with Gasteiger partial charge in [-0.25, -0.2) is 0 Å². The minimum atomic E-state index is -2.80. The number of para-hydroxylation sites is 1. The number of alkyl halides is 2. The maximum atomic E-state index is 12.5. The van der Waals surface area contributed by atoms with Crippen molar-refractivity contribution in [3.05, 3.63) is 42.5 Å². The van der Waals surface area contributed by atoms with Gasteiger partial charge in [-0.05, 0) is 38.3 Å². The van der Waals surface area contributed by atoms with E-state index >= 15 is 0 Å². The normalized spacial score (nSPS) is 12.4. The number of ether oxygens (including phenoxy) is 1. The molecule has 20 heavy (non-hydrogen) atoms. The Morgan fingerprint density at radius 2 is 2.10 bits per heavy atom. The van der Waals surface area contributed by atoms with Crippen LogP contribution in [0.2, 0.25) is 0 Å². The van der Waals surface area contributed by atoms with E-state index in [0.717, 1.165) is 37.8 Å². The predicted octanol–water partition coefficient (Wildman–Crippen LogP) is 4.69. The van der Waals surface area contributed by atoms with Gasteiger partial charge in [0.15, 0.2) is 0 Å². The third-order valence-electron chi connectivity index (χ3n) is 3.05. The summed E-state index contributed by atoms with van der Waals surface area (Å²) in [6.07, 6.45) is 5.62. The second kappa shape index (κ2) is 9.48. The highest BCUT2D eigenvalue weighted by Crippen LogP contribution is 2.29. The number of rotatable bonds is 10. The summed E-state index contributed by atoms with van der Waals surface area (Å²) in [4.78, 5) is 0. The van der Waals surface area contributed by atoms with Crippen LogP contribution in [0, 0.1) is 0 Å². The fraction of sp³-hybridized carbons (Fsp3) is 0.500. The van der Waals surface area contributed by atoms with Crippen molar-refractivity contribution in [3.63, 3.8) is 0 Å². The van der Waals surface area contributed by atoms with Crippen molar-refractivity contribution in [2.45, 2.75) is 45.3 Å². The number of hydrogen-bond acceptors (Lipinski definition) is 2. The van der Waals surface area contributed by atoms with Gasteiger partial charge >= 0.3 is 6.61 Å². The number of benzene rings is 1. The van der Waals surface area contributed by atoms with Crippen LogP contribution in [-0.4, -0.2) is 13.2 Å². The van der Waals surface area contributed by atoms with E-state index in [-0.39, 0.29) is 11.8 Å². The van der Waals surface area contributed by atoms with Gasteiger partial charge in [0.05, 0.1) is 0 Å². The molecule has 1 atom stereocenters. The quantitative estimate of drug-likeness (QED) is 0.497. The van der Waals surface area contributed by atoms with Crippen LogP contribution in [0.5, 0.6) is 5.75 Å². The lowest BCUT2D eigenvalue weighted by Crippen LogP contribution is -2.23. The highest BCUT2D eigenvalue weighted by molar-refractivity contribution is 5.36. The van der Waals surface area contributed by atoms with E-state index in [1.807, 2.05) is 18.2 Å². The molecule has 1 unspecified atom stereocenters. The molecule has 0 fully saturated rings. The lowest BCUT2D eigenvalue weighted by molar-refractivity contribution is -0.0507. The molecule has 0 aliphatic heterocycles. The van der Waals surface area contributed by atoms with Crippen LogP contribution in [0.3, 0.4) is 0 Å². The smallest absolute Gasteiger partial charge is 0.387 e. The molecule has 0 bridgehead atoms. The molecule has 112 valence electrons. The molecule has 1 N–H and O–H groups in total. The number of hydrogen-bond donors (Lipinski definition) is 1. The fourth-order valence-electron chi connectivity index (χ4n) is 2.12. The van der Waals surface area contributed by atoms with E-state index < -0.39 is 6.61 Å². The lowest BCUT2D eigenvalue weighted by atomic mass is 9.99. The van der Waals surface area contributed by atoms with E-state index in [2.05, 4.69) is 23.6 Å². The summed E-state index contributed by atoms with van der Waals surface area (Å²) < 4.78 is 29.6. The van der Waals surface area contributed by atoms with Gasteiger partial charge < -0.3 is 10.1 Å². The number of halogens is 2. The van der Waals surface area contributed by atoms with Crippen molar-refractivity contribution >= 4 is 0 Å². The summed E-state index contributed by atoms with van der Waals surface area (Å²) in [5.41, 5.74) is 0.797. The minimum absolute atomic E-state index is 0.0323. The largest absolute Gasteiger partial charge is 0.434 e. The molecule has 0 aliphatic carbocycles. The second-order valence-electron chi connectivity index (χ2n) is 4.64. The van der Waals surface area contributed by atoms with Crippen LogP contribution >= 0.6 is 0 Å². The summed E-state index contributed by atoms with van der Waals surface area (Å²) in [6, 6.07) is 7.03. The third-order valence-corrected chi connectivity index (χ3v) is 3.05. The van der Waals surface area contributed by atoms with Gasteiger partial charge in [-0.1, -0.05) is 31.2 Å². The Morgan fingerprint density at radius 3 is 2.75 bits per heavy atom. The zero-order chi connectivity index (χ0) is 14.8. The molecule has 1 aromatic carbocycles. The summed E-state index contributed by atoms with van der Waals surface area (Å²) in [6.45, 7) is 3.84.